The van der Waals surface area contributed by atoms with Crippen molar-refractivity contribution in [1.29, 1.82) is 0 Å². The summed E-state index contributed by atoms with van der Waals surface area (Å²) in [4.78, 5) is 0. The highest BCUT2D eigenvalue weighted by molar-refractivity contribution is 6.31. The van der Waals surface area contributed by atoms with E-state index in [2.05, 4.69) is 5.10 Å². The summed E-state index contributed by atoms with van der Waals surface area (Å²) >= 11 is 5.91. The van der Waals surface area contributed by atoms with E-state index in [0.29, 0.717) is 5.02 Å². The zero-order chi connectivity index (χ0) is 10.7. The SMILES string of the molecule is Cc1nn(CCC2OCCCO2)cc1Cl. The zero-order valence-electron chi connectivity index (χ0n) is 8.78. The average molecular weight is 231 g/mol. The number of aromatic nitrogens is 2. The largest absolute Gasteiger partial charge is 0.353 e. The molecule has 4 nitrogen and oxygen atoms in total. The van der Waals surface area contributed by atoms with Crippen LogP contribution >= 0.6 is 11.6 Å². The Morgan fingerprint density at radius 3 is 2.87 bits per heavy atom. The van der Waals surface area contributed by atoms with Crippen molar-refractivity contribution in [3.8, 4) is 0 Å². The maximum Gasteiger partial charge on any atom is 0.159 e. The predicted octanol–water partition coefficient (Wildman–Crippen LogP) is 2.00. The maximum atomic E-state index is 5.91. The summed E-state index contributed by atoms with van der Waals surface area (Å²) in [6, 6.07) is 0. The molecule has 1 aliphatic rings. The Hall–Kier alpha value is -0.580. The van der Waals surface area contributed by atoms with E-state index in [1.165, 1.54) is 0 Å². The van der Waals surface area contributed by atoms with Gasteiger partial charge in [0.05, 0.1) is 23.9 Å². The van der Waals surface area contributed by atoms with Crippen LogP contribution in [0.5, 0.6) is 0 Å². The lowest BCUT2D eigenvalue weighted by Crippen LogP contribution is -2.26. The number of hydrogen-bond donors (Lipinski definition) is 0. The van der Waals surface area contributed by atoms with Crippen molar-refractivity contribution in [1.82, 2.24) is 9.78 Å². The number of aryl methyl sites for hydroxylation is 2. The van der Waals surface area contributed by atoms with Gasteiger partial charge in [0.2, 0.25) is 0 Å². The van der Waals surface area contributed by atoms with Crippen molar-refractivity contribution in [2.75, 3.05) is 13.2 Å². The third-order valence-electron chi connectivity index (χ3n) is 2.38. The monoisotopic (exact) mass is 230 g/mol. The number of halogens is 1. The molecular weight excluding hydrogens is 216 g/mol. The highest BCUT2D eigenvalue weighted by Gasteiger charge is 2.14. The van der Waals surface area contributed by atoms with Crippen LogP contribution in [0.4, 0.5) is 0 Å². The number of nitrogens with zero attached hydrogens (tertiary/aromatic N) is 2. The highest BCUT2D eigenvalue weighted by atomic mass is 35.5. The van der Waals surface area contributed by atoms with Crippen molar-refractivity contribution in [2.24, 2.45) is 0 Å². The van der Waals surface area contributed by atoms with Crippen LogP contribution in [0.2, 0.25) is 5.02 Å². The van der Waals surface area contributed by atoms with Gasteiger partial charge in [0, 0.05) is 19.2 Å². The van der Waals surface area contributed by atoms with Crippen LogP contribution in [0.25, 0.3) is 0 Å². The second-order valence-electron chi connectivity index (χ2n) is 3.64. The first kappa shape index (κ1) is 10.9. The number of ether oxygens (including phenoxy) is 2. The molecular formula is C10H15ClN2O2. The van der Waals surface area contributed by atoms with Gasteiger partial charge in [-0.2, -0.15) is 5.10 Å². The first-order valence-corrected chi connectivity index (χ1v) is 5.56. The molecule has 0 aromatic carbocycles. The van der Waals surface area contributed by atoms with Crippen LogP contribution in [0, 0.1) is 6.92 Å². The minimum atomic E-state index is -0.0815. The molecule has 2 heterocycles. The molecule has 1 aromatic heterocycles. The van der Waals surface area contributed by atoms with E-state index in [0.717, 1.165) is 38.3 Å². The molecule has 0 saturated carbocycles. The summed E-state index contributed by atoms with van der Waals surface area (Å²) in [6.45, 7) is 4.26. The Kier molecular flexibility index (Phi) is 3.61. The summed E-state index contributed by atoms with van der Waals surface area (Å²) in [6.07, 6.45) is 3.56. The van der Waals surface area contributed by atoms with Crippen molar-refractivity contribution in [3.63, 3.8) is 0 Å². The van der Waals surface area contributed by atoms with Crippen molar-refractivity contribution in [2.45, 2.75) is 32.6 Å². The third-order valence-corrected chi connectivity index (χ3v) is 2.75. The molecule has 5 heteroatoms. The Morgan fingerprint density at radius 1 is 1.53 bits per heavy atom. The number of hydrogen-bond acceptors (Lipinski definition) is 3. The molecule has 1 aromatic rings. The van der Waals surface area contributed by atoms with Gasteiger partial charge in [-0.25, -0.2) is 0 Å². The Balaban J connectivity index is 1.81. The van der Waals surface area contributed by atoms with Crippen molar-refractivity contribution in [3.05, 3.63) is 16.9 Å². The summed E-state index contributed by atoms with van der Waals surface area (Å²) < 4.78 is 12.7. The van der Waals surface area contributed by atoms with Gasteiger partial charge in [-0.3, -0.25) is 4.68 Å². The molecule has 0 bridgehead atoms. The fraction of sp³-hybridized carbons (Fsp3) is 0.700. The Bertz CT molecular complexity index is 302. The van der Waals surface area contributed by atoms with E-state index in [1.807, 2.05) is 17.8 Å². The molecule has 0 unspecified atom stereocenters. The molecule has 0 amide bonds. The molecule has 2 rings (SSSR count). The van der Waals surface area contributed by atoms with Crippen molar-refractivity contribution >= 4 is 11.6 Å². The quantitative estimate of drug-likeness (QED) is 0.797. The van der Waals surface area contributed by atoms with E-state index in [9.17, 15) is 0 Å². The van der Waals surface area contributed by atoms with Gasteiger partial charge in [-0.1, -0.05) is 11.6 Å². The molecule has 0 N–H and O–H groups in total. The van der Waals surface area contributed by atoms with E-state index in [-0.39, 0.29) is 6.29 Å². The second-order valence-corrected chi connectivity index (χ2v) is 4.05. The maximum absolute atomic E-state index is 5.91. The highest BCUT2D eigenvalue weighted by Crippen LogP contribution is 2.14. The van der Waals surface area contributed by atoms with Gasteiger partial charge in [-0.15, -0.1) is 0 Å². The van der Waals surface area contributed by atoms with Crippen LogP contribution in [-0.4, -0.2) is 29.3 Å². The third kappa shape index (κ3) is 2.93. The molecule has 0 radical (unpaired) electrons. The molecule has 1 fully saturated rings. The average Bonchev–Trinajstić information content (AvgIpc) is 2.57. The normalized spacial score (nSPS) is 18.3. The predicted molar refractivity (Wildman–Crippen MR) is 56.9 cm³/mol. The van der Waals surface area contributed by atoms with E-state index in [1.54, 1.807) is 0 Å². The van der Waals surface area contributed by atoms with Crippen LogP contribution in [0.3, 0.4) is 0 Å². The van der Waals surface area contributed by atoms with Crippen LogP contribution < -0.4 is 0 Å². The smallest absolute Gasteiger partial charge is 0.159 e. The molecule has 1 aliphatic heterocycles. The second kappa shape index (κ2) is 4.96. The minimum Gasteiger partial charge on any atom is -0.353 e. The topological polar surface area (TPSA) is 36.3 Å². The molecule has 0 spiro atoms. The summed E-state index contributed by atoms with van der Waals surface area (Å²) in [7, 11) is 0. The minimum absolute atomic E-state index is 0.0815. The first-order valence-electron chi connectivity index (χ1n) is 5.18. The number of rotatable bonds is 3. The van der Waals surface area contributed by atoms with Gasteiger partial charge in [0.15, 0.2) is 6.29 Å². The van der Waals surface area contributed by atoms with E-state index >= 15 is 0 Å². The lowest BCUT2D eigenvalue weighted by atomic mass is 10.3. The van der Waals surface area contributed by atoms with Gasteiger partial charge in [0.25, 0.3) is 0 Å². The fourth-order valence-corrected chi connectivity index (χ4v) is 1.70. The molecule has 0 aliphatic carbocycles. The zero-order valence-corrected chi connectivity index (χ0v) is 9.54. The van der Waals surface area contributed by atoms with Crippen LogP contribution in [0.1, 0.15) is 18.5 Å². The standard InChI is InChI=1S/C10H15ClN2O2/c1-8-9(11)7-13(12-8)4-3-10-14-5-2-6-15-10/h7,10H,2-6H2,1H3. The lowest BCUT2D eigenvalue weighted by Gasteiger charge is -2.22. The van der Waals surface area contributed by atoms with Gasteiger partial charge < -0.3 is 9.47 Å². The Labute approximate surface area is 94.1 Å². The van der Waals surface area contributed by atoms with Crippen molar-refractivity contribution < 1.29 is 9.47 Å². The molecule has 0 atom stereocenters. The molecule has 84 valence electrons. The van der Waals surface area contributed by atoms with Crippen LogP contribution in [0.15, 0.2) is 6.20 Å². The Morgan fingerprint density at radius 2 is 2.27 bits per heavy atom. The van der Waals surface area contributed by atoms with E-state index in [4.69, 9.17) is 21.1 Å². The summed E-state index contributed by atoms with van der Waals surface area (Å²) in [5.74, 6) is 0. The van der Waals surface area contributed by atoms with Crippen LogP contribution in [-0.2, 0) is 16.0 Å². The lowest BCUT2D eigenvalue weighted by molar-refractivity contribution is -0.182. The van der Waals surface area contributed by atoms with Gasteiger partial charge in [0.1, 0.15) is 0 Å². The fourth-order valence-electron chi connectivity index (χ4n) is 1.55. The van der Waals surface area contributed by atoms with E-state index < -0.39 is 0 Å². The summed E-state index contributed by atoms with van der Waals surface area (Å²) in [5, 5.41) is 4.98. The van der Waals surface area contributed by atoms with Gasteiger partial charge in [-0.05, 0) is 13.3 Å². The first-order chi connectivity index (χ1) is 7.25. The molecule has 1 saturated heterocycles. The summed E-state index contributed by atoms with van der Waals surface area (Å²) in [5.41, 5.74) is 0.863. The molecule has 15 heavy (non-hydrogen) atoms. The van der Waals surface area contributed by atoms with Gasteiger partial charge >= 0.3 is 0 Å².